The number of morpholine rings is 1. The lowest BCUT2D eigenvalue weighted by atomic mass is 9.98. The normalized spacial score (nSPS) is 18.2. The van der Waals surface area contributed by atoms with Crippen molar-refractivity contribution in [3.63, 3.8) is 0 Å². The Hall–Kier alpha value is -1.57. The van der Waals surface area contributed by atoms with Crippen molar-refractivity contribution in [2.24, 2.45) is 0 Å². The van der Waals surface area contributed by atoms with Gasteiger partial charge in [-0.25, -0.2) is 8.78 Å². The number of likely N-dealkylation sites (N-methyl/N-ethyl adjacent to an activating group) is 1. The van der Waals surface area contributed by atoms with Gasteiger partial charge in [-0.1, -0.05) is 6.07 Å². The van der Waals surface area contributed by atoms with Crippen molar-refractivity contribution in [2.75, 3.05) is 46.4 Å². The Morgan fingerprint density at radius 3 is 2.50 bits per heavy atom. The van der Waals surface area contributed by atoms with E-state index in [1.165, 1.54) is 24.9 Å². The molecular formula is C17H24F2N2O3. The summed E-state index contributed by atoms with van der Waals surface area (Å²) in [6, 6.07) is 3.53. The van der Waals surface area contributed by atoms with Crippen molar-refractivity contribution < 1.29 is 23.4 Å². The molecule has 1 aromatic rings. The Morgan fingerprint density at radius 1 is 1.33 bits per heavy atom. The lowest BCUT2D eigenvalue weighted by molar-refractivity contribution is -0.132. The molecule has 2 atom stereocenters. The molecule has 5 nitrogen and oxygen atoms in total. The van der Waals surface area contributed by atoms with Crippen molar-refractivity contribution in [3.05, 3.63) is 35.4 Å². The molecule has 1 fully saturated rings. The second kappa shape index (κ2) is 8.50. The van der Waals surface area contributed by atoms with Crippen LogP contribution in [-0.2, 0) is 9.53 Å². The quantitative estimate of drug-likeness (QED) is 0.845. The molecule has 1 aliphatic rings. The molecule has 2 rings (SSSR count). The van der Waals surface area contributed by atoms with E-state index >= 15 is 0 Å². The summed E-state index contributed by atoms with van der Waals surface area (Å²) in [5.74, 6) is -2.86. The summed E-state index contributed by atoms with van der Waals surface area (Å²) in [6.45, 7) is 4.75. The third kappa shape index (κ3) is 4.72. The van der Waals surface area contributed by atoms with Crippen LogP contribution in [0.5, 0.6) is 0 Å². The predicted molar refractivity (Wildman–Crippen MR) is 85.7 cm³/mol. The first-order chi connectivity index (χ1) is 11.4. The van der Waals surface area contributed by atoms with Crippen LogP contribution >= 0.6 is 0 Å². The molecule has 24 heavy (non-hydrogen) atoms. The summed E-state index contributed by atoms with van der Waals surface area (Å²) in [5.41, 5.74) is -0.239. The molecule has 0 radical (unpaired) electrons. The van der Waals surface area contributed by atoms with Gasteiger partial charge in [-0.3, -0.25) is 9.69 Å². The molecule has 1 aliphatic heterocycles. The second-order valence-corrected chi connectivity index (χ2v) is 6.14. The molecule has 0 aromatic heterocycles. The molecular weight excluding hydrogens is 318 g/mol. The average molecular weight is 342 g/mol. The van der Waals surface area contributed by atoms with E-state index in [1.807, 2.05) is 0 Å². The van der Waals surface area contributed by atoms with Gasteiger partial charge in [-0.2, -0.15) is 0 Å². The Labute approximate surface area is 140 Å². The number of aliphatic hydroxyl groups excluding tert-OH is 1. The smallest absolute Gasteiger partial charge is 0.229 e. The van der Waals surface area contributed by atoms with Gasteiger partial charge in [0.25, 0.3) is 0 Å². The molecule has 0 spiro atoms. The van der Waals surface area contributed by atoms with E-state index in [2.05, 4.69) is 4.90 Å². The van der Waals surface area contributed by atoms with Crippen LogP contribution in [0.2, 0.25) is 0 Å². The molecule has 1 aromatic carbocycles. The first-order valence-corrected chi connectivity index (χ1v) is 8.07. The summed E-state index contributed by atoms with van der Waals surface area (Å²) < 4.78 is 32.9. The number of benzene rings is 1. The van der Waals surface area contributed by atoms with Gasteiger partial charge in [-0.15, -0.1) is 0 Å². The van der Waals surface area contributed by atoms with Gasteiger partial charge in [0.15, 0.2) is 0 Å². The Bertz CT molecular complexity index is 545. The second-order valence-electron chi connectivity index (χ2n) is 6.14. The number of hydrogen-bond donors (Lipinski definition) is 1. The average Bonchev–Trinajstić information content (AvgIpc) is 2.54. The van der Waals surface area contributed by atoms with Crippen molar-refractivity contribution in [1.82, 2.24) is 9.80 Å². The lowest BCUT2D eigenvalue weighted by Crippen LogP contribution is -2.45. The minimum absolute atomic E-state index is 0.108. The number of aliphatic hydroxyl groups is 1. The van der Waals surface area contributed by atoms with Crippen LogP contribution in [0.25, 0.3) is 0 Å². The number of ether oxygens (including phenoxy) is 1. The van der Waals surface area contributed by atoms with Crippen LogP contribution in [0.3, 0.4) is 0 Å². The summed E-state index contributed by atoms with van der Waals surface area (Å²) in [7, 11) is 1.53. The van der Waals surface area contributed by atoms with Crippen LogP contribution in [0.15, 0.2) is 18.2 Å². The zero-order valence-electron chi connectivity index (χ0n) is 14.0. The molecule has 1 amide bonds. The largest absolute Gasteiger partial charge is 0.390 e. The fourth-order valence-electron chi connectivity index (χ4n) is 2.92. The minimum atomic E-state index is -0.952. The molecule has 0 aliphatic carbocycles. The van der Waals surface area contributed by atoms with E-state index in [-0.39, 0.29) is 12.1 Å². The number of halogens is 2. The monoisotopic (exact) mass is 342 g/mol. The highest BCUT2D eigenvalue weighted by molar-refractivity contribution is 5.83. The Kier molecular flexibility index (Phi) is 6.65. The summed E-state index contributed by atoms with van der Waals surface area (Å²) >= 11 is 0. The first kappa shape index (κ1) is 18.8. The molecule has 0 saturated carbocycles. The van der Waals surface area contributed by atoms with Crippen LogP contribution in [0, 0.1) is 11.6 Å². The predicted octanol–water partition coefficient (Wildman–Crippen LogP) is 1.22. The van der Waals surface area contributed by atoms with E-state index < -0.39 is 29.6 Å². The number of carbonyl (C=O) groups is 1. The van der Waals surface area contributed by atoms with Crippen LogP contribution < -0.4 is 0 Å². The van der Waals surface area contributed by atoms with E-state index in [1.54, 1.807) is 0 Å². The van der Waals surface area contributed by atoms with Gasteiger partial charge in [-0.05, 0) is 19.1 Å². The van der Waals surface area contributed by atoms with Gasteiger partial charge in [0.2, 0.25) is 5.91 Å². The fourth-order valence-corrected chi connectivity index (χ4v) is 2.92. The van der Waals surface area contributed by atoms with Crippen LogP contribution in [-0.4, -0.2) is 73.4 Å². The first-order valence-electron chi connectivity index (χ1n) is 8.07. The molecule has 1 heterocycles. The third-order valence-electron chi connectivity index (χ3n) is 4.24. The van der Waals surface area contributed by atoms with Gasteiger partial charge < -0.3 is 14.7 Å². The van der Waals surface area contributed by atoms with E-state index in [0.29, 0.717) is 19.8 Å². The maximum Gasteiger partial charge on any atom is 0.229 e. The number of rotatable bonds is 6. The number of amides is 1. The van der Waals surface area contributed by atoms with Crippen LogP contribution in [0.4, 0.5) is 8.78 Å². The van der Waals surface area contributed by atoms with E-state index in [9.17, 15) is 18.7 Å². The van der Waals surface area contributed by atoms with Gasteiger partial charge in [0.1, 0.15) is 11.6 Å². The van der Waals surface area contributed by atoms with Crippen molar-refractivity contribution >= 4 is 5.91 Å². The number of hydrogen-bond acceptors (Lipinski definition) is 4. The minimum Gasteiger partial charge on any atom is -0.390 e. The highest BCUT2D eigenvalue weighted by atomic mass is 19.1. The highest BCUT2D eigenvalue weighted by Gasteiger charge is 2.26. The topological polar surface area (TPSA) is 53.0 Å². The fraction of sp³-hybridized carbons (Fsp3) is 0.588. The van der Waals surface area contributed by atoms with Gasteiger partial charge in [0.05, 0.1) is 25.2 Å². The molecule has 1 N–H and O–H groups in total. The van der Waals surface area contributed by atoms with Crippen molar-refractivity contribution in [1.29, 1.82) is 0 Å². The lowest BCUT2D eigenvalue weighted by Gasteiger charge is -2.30. The zero-order valence-corrected chi connectivity index (χ0v) is 14.0. The van der Waals surface area contributed by atoms with Gasteiger partial charge in [0, 0.05) is 38.8 Å². The standard InChI is InChI=1S/C17H24F2N2O3/c1-12(16-14(18)4-3-5-15(16)19)17(23)20(2)10-13(22)11-21-6-8-24-9-7-21/h3-5,12-13,22H,6-11H2,1-2H3. The maximum atomic E-state index is 13.8. The van der Waals surface area contributed by atoms with Crippen LogP contribution in [0.1, 0.15) is 18.4 Å². The highest BCUT2D eigenvalue weighted by Crippen LogP contribution is 2.24. The number of β-amino-alcohol motifs (C(OH)–C–C–N with tert-alkyl or cyclic N) is 1. The van der Waals surface area contributed by atoms with Crippen molar-refractivity contribution in [3.8, 4) is 0 Å². The van der Waals surface area contributed by atoms with Crippen molar-refractivity contribution in [2.45, 2.75) is 18.9 Å². The summed E-state index contributed by atoms with van der Waals surface area (Å²) in [5, 5.41) is 10.2. The third-order valence-corrected chi connectivity index (χ3v) is 4.24. The van der Waals surface area contributed by atoms with E-state index in [4.69, 9.17) is 4.74 Å². The Morgan fingerprint density at radius 2 is 1.92 bits per heavy atom. The molecule has 2 unspecified atom stereocenters. The summed E-state index contributed by atoms with van der Waals surface area (Å²) in [6.07, 6.45) is -0.727. The summed E-state index contributed by atoms with van der Waals surface area (Å²) in [4.78, 5) is 15.8. The maximum absolute atomic E-state index is 13.8. The molecule has 7 heteroatoms. The molecule has 134 valence electrons. The zero-order chi connectivity index (χ0) is 17.7. The van der Waals surface area contributed by atoms with Gasteiger partial charge >= 0.3 is 0 Å². The number of carbonyl (C=O) groups excluding carboxylic acids is 1. The SMILES string of the molecule is CC(C(=O)N(C)CC(O)CN1CCOCC1)c1c(F)cccc1F. The molecule has 1 saturated heterocycles. The molecule has 0 bridgehead atoms. The Balaban J connectivity index is 1.93. The van der Waals surface area contributed by atoms with E-state index in [0.717, 1.165) is 25.2 Å². The number of nitrogens with zero attached hydrogens (tertiary/aromatic N) is 2.